The number of nitrogens with zero attached hydrogens (tertiary/aromatic N) is 1. The molecule has 1 N–H and O–H groups in total. The van der Waals surface area contributed by atoms with Crippen LogP contribution >= 0.6 is 12.4 Å². The lowest BCUT2D eigenvalue weighted by atomic mass is 10.1. The van der Waals surface area contributed by atoms with Crippen molar-refractivity contribution in [2.24, 2.45) is 0 Å². The van der Waals surface area contributed by atoms with Crippen LogP contribution in [0.1, 0.15) is 27.5 Å². The molecule has 1 atom stereocenters. The van der Waals surface area contributed by atoms with E-state index in [4.69, 9.17) is 0 Å². The summed E-state index contributed by atoms with van der Waals surface area (Å²) in [6.07, 6.45) is 0. The fraction of sp³-hybridized carbons (Fsp3) is 0.316. The second-order valence-corrected chi connectivity index (χ2v) is 8.26. The van der Waals surface area contributed by atoms with E-state index < -0.39 is 27.9 Å². The predicted molar refractivity (Wildman–Crippen MR) is 106 cm³/mol. The van der Waals surface area contributed by atoms with Crippen LogP contribution in [0, 0.1) is 5.82 Å². The minimum Gasteiger partial charge on any atom is -0.465 e. The summed E-state index contributed by atoms with van der Waals surface area (Å²) in [5.41, 5.74) is 1.40. The second kappa shape index (κ2) is 9.47. The molecule has 1 aliphatic rings. The van der Waals surface area contributed by atoms with Crippen LogP contribution in [0.5, 0.6) is 0 Å². The Hall–Kier alpha value is -2.00. The van der Waals surface area contributed by atoms with Crippen molar-refractivity contribution in [1.29, 1.82) is 0 Å². The molecule has 1 heterocycles. The van der Waals surface area contributed by atoms with Crippen LogP contribution in [0.3, 0.4) is 0 Å². The number of benzene rings is 2. The Balaban J connectivity index is 0.00000280. The number of methoxy groups -OCH3 is 1. The zero-order valence-electron chi connectivity index (χ0n) is 15.3. The van der Waals surface area contributed by atoms with E-state index >= 15 is 0 Å². The van der Waals surface area contributed by atoms with E-state index in [1.165, 1.54) is 29.6 Å². The van der Waals surface area contributed by atoms with E-state index in [9.17, 15) is 17.6 Å². The summed E-state index contributed by atoms with van der Waals surface area (Å²) in [4.78, 5) is 11.7. The smallest absolute Gasteiger partial charge is 0.337 e. The Morgan fingerprint density at radius 3 is 2.71 bits per heavy atom. The molecule has 3 rings (SSSR count). The molecule has 0 amide bonds. The monoisotopic (exact) mass is 428 g/mol. The number of halogens is 2. The van der Waals surface area contributed by atoms with Crippen LogP contribution in [-0.2, 0) is 20.5 Å². The number of carbonyl (C=O) groups is 1. The molecule has 0 saturated carbocycles. The molecular weight excluding hydrogens is 407 g/mol. The van der Waals surface area contributed by atoms with Gasteiger partial charge in [-0.2, -0.15) is 4.31 Å². The van der Waals surface area contributed by atoms with Crippen molar-refractivity contribution in [1.82, 2.24) is 9.62 Å². The van der Waals surface area contributed by atoms with Gasteiger partial charge in [-0.3, -0.25) is 0 Å². The highest BCUT2D eigenvalue weighted by molar-refractivity contribution is 7.88. The van der Waals surface area contributed by atoms with Gasteiger partial charge in [0, 0.05) is 19.6 Å². The standard InChI is InChI=1S/C19H21FN2O4S.ClH/c1-26-19(23)16-6-2-4-14(10-16)13-27(24,25)22-9-8-21-12-18(22)15-5-3-7-17(20)11-15;/h2-7,10-11,18,21H,8-9,12-13H2,1H3;1H. The molecular formula is C19H22ClFN2O4S. The maximum absolute atomic E-state index is 13.6. The summed E-state index contributed by atoms with van der Waals surface area (Å²) < 4.78 is 45.8. The summed E-state index contributed by atoms with van der Waals surface area (Å²) in [5.74, 6) is -1.17. The number of nitrogens with one attached hydrogen (secondary N) is 1. The van der Waals surface area contributed by atoms with Gasteiger partial charge in [-0.25, -0.2) is 17.6 Å². The predicted octanol–water partition coefficient (Wildman–Crippen LogP) is 2.51. The first-order chi connectivity index (χ1) is 12.9. The first-order valence-corrected chi connectivity index (χ1v) is 10.1. The molecule has 0 bridgehead atoms. The van der Waals surface area contributed by atoms with Gasteiger partial charge in [-0.15, -0.1) is 12.4 Å². The normalized spacial score (nSPS) is 17.6. The Bertz CT molecular complexity index is 939. The first-order valence-electron chi connectivity index (χ1n) is 8.53. The van der Waals surface area contributed by atoms with E-state index in [-0.39, 0.29) is 18.2 Å². The van der Waals surface area contributed by atoms with Gasteiger partial charge in [0.2, 0.25) is 10.0 Å². The van der Waals surface area contributed by atoms with Gasteiger partial charge in [0.15, 0.2) is 0 Å². The minimum atomic E-state index is -3.68. The number of rotatable bonds is 5. The highest BCUT2D eigenvalue weighted by Gasteiger charge is 2.33. The molecule has 9 heteroatoms. The average Bonchev–Trinajstić information content (AvgIpc) is 2.67. The van der Waals surface area contributed by atoms with Crippen molar-refractivity contribution in [3.05, 3.63) is 71.0 Å². The molecule has 0 aromatic heterocycles. The Labute approximate surface area is 170 Å². The summed E-state index contributed by atoms with van der Waals surface area (Å²) >= 11 is 0. The molecule has 1 saturated heterocycles. The third-order valence-corrected chi connectivity index (χ3v) is 6.33. The first kappa shape index (κ1) is 22.3. The number of hydrogen-bond donors (Lipinski definition) is 1. The van der Waals surface area contributed by atoms with Gasteiger partial charge in [-0.05, 0) is 35.4 Å². The zero-order valence-corrected chi connectivity index (χ0v) is 16.9. The quantitative estimate of drug-likeness (QED) is 0.740. The van der Waals surface area contributed by atoms with Gasteiger partial charge in [-0.1, -0.05) is 24.3 Å². The van der Waals surface area contributed by atoms with Crippen LogP contribution in [0.4, 0.5) is 4.39 Å². The number of esters is 1. The number of sulfonamides is 1. The molecule has 2 aromatic rings. The summed E-state index contributed by atoms with van der Waals surface area (Å²) in [6.45, 7) is 1.22. The fourth-order valence-corrected chi connectivity index (χ4v) is 4.94. The lowest BCUT2D eigenvalue weighted by molar-refractivity contribution is 0.0600. The van der Waals surface area contributed by atoms with Crippen molar-refractivity contribution in [2.45, 2.75) is 11.8 Å². The lowest BCUT2D eigenvalue weighted by Crippen LogP contribution is -2.48. The van der Waals surface area contributed by atoms with E-state index in [0.29, 0.717) is 36.3 Å². The molecule has 0 spiro atoms. The second-order valence-electron chi connectivity index (χ2n) is 6.33. The maximum Gasteiger partial charge on any atom is 0.337 e. The molecule has 2 aromatic carbocycles. The van der Waals surface area contributed by atoms with Gasteiger partial charge in [0.1, 0.15) is 5.82 Å². The molecule has 0 radical (unpaired) electrons. The molecule has 1 unspecified atom stereocenters. The number of piperazine rings is 1. The van der Waals surface area contributed by atoms with E-state index in [1.807, 2.05) is 0 Å². The summed E-state index contributed by atoms with van der Waals surface area (Å²) in [5, 5.41) is 3.16. The minimum absolute atomic E-state index is 0. The molecule has 6 nitrogen and oxygen atoms in total. The summed E-state index contributed by atoms with van der Waals surface area (Å²) in [6, 6.07) is 11.9. The largest absolute Gasteiger partial charge is 0.465 e. The number of hydrogen-bond acceptors (Lipinski definition) is 5. The van der Waals surface area contributed by atoms with E-state index in [1.54, 1.807) is 30.3 Å². The molecule has 0 aliphatic carbocycles. The highest BCUT2D eigenvalue weighted by atomic mass is 35.5. The Kier molecular flexibility index (Phi) is 7.54. The van der Waals surface area contributed by atoms with Crippen molar-refractivity contribution < 1.29 is 22.3 Å². The maximum atomic E-state index is 13.6. The molecule has 1 fully saturated rings. The van der Waals surface area contributed by atoms with Gasteiger partial charge < -0.3 is 10.1 Å². The van der Waals surface area contributed by atoms with Crippen LogP contribution in [0.2, 0.25) is 0 Å². The summed E-state index contributed by atoms with van der Waals surface area (Å²) in [7, 11) is -2.40. The van der Waals surface area contributed by atoms with Crippen molar-refractivity contribution in [3.8, 4) is 0 Å². The van der Waals surface area contributed by atoms with Crippen LogP contribution in [0.25, 0.3) is 0 Å². The van der Waals surface area contributed by atoms with Gasteiger partial charge >= 0.3 is 5.97 Å². The Morgan fingerprint density at radius 1 is 1.25 bits per heavy atom. The zero-order chi connectivity index (χ0) is 19.4. The fourth-order valence-electron chi connectivity index (χ4n) is 3.22. The van der Waals surface area contributed by atoms with Gasteiger partial charge in [0.25, 0.3) is 0 Å². The SMILES string of the molecule is COC(=O)c1cccc(CS(=O)(=O)N2CCNCC2c2cccc(F)c2)c1.Cl. The van der Waals surface area contributed by atoms with Crippen molar-refractivity contribution in [2.75, 3.05) is 26.7 Å². The van der Waals surface area contributed by atoms with E-state index in [2.05, 4.69) is 10.1 Å². The number of ether oxygens (including phenoxy) is 1. The number of carbonyl (C=O) groups excluding carboxylic acids is 1. The van der Waals surface area contributed by atoms with Crippen molar-refractivity contribution >= 4 is 28.4 Å². The molecule has 152 valence electrons. The average molecular weight is 429 g/mol. The van der Waals surface area contributed by atoms with Crippen LogP contribution in [-0.4, -0.2) is 45.4 Å². The Morgan fingerprint density at radius 2 is 2.00 bits per heavy atom. The van der Waals surface area contributed by atoms with E-state index in [0.717, 1.165) is 0 Å². The third-order valence-electron chi connectivity index (χ3n) is 4.48. The highest BCUT2D eigenvalue weighted by Crippen LogP contribution is 2.27. The van der Waals surface area contributed by atoms with Crippen molar-refractivity contribution in [3.63, 3.8) is 0 Å². The van der Waals surface area contributed by atoms with Crippen LogP contribution in [0.15, 0.2) is 48.5 Å². The van der Waals surface area contributed by atoms with Crippen LogP contribution < -0.4 is 5.32 Å². The third kappa shape index (κ3) is 5.08. The molecule has 28 heavy (non-hydrogen) atoms. The topological polar surface area (TPSA) is 75.7 Å². The lowest BCUT2D eigenvalue weighted by Gasteiger charge is -2.35. The molecule has 1 aliphatic heterocycles. The van der Waals surface area contributed by atoms with Gasteiger partial charge in [0.05, 0.1) is 24.5 Å².